The average Bonchev–Trinajstić information content (AvgIpc) is 3.09. The van der Waals surface area contributed by atoms with E-state index in [0.717, 1.165) is 28.7 Å². The first-order valence-corrected chi connectivity index (χ1v) is 8.17. The summed E-state index contributed by atoms with van der Waals surface area (Å²) in [7, 11) is 1.87. The van der Waals surface area contributed by atoms with E-state index in [4.69, 9.17) is 0 Å². The van der Waals surface area contributed by atoms with Crippen LogP contribution in [0.5, 0.6) is 0 Å². The first-order valence-electron chi connectivity index (χ1n) is 8.17. The normalized spacial score (nSPS) is 28.4. The monoisotopic (exact) mass is 286 g/mol. The van der Waals surface area contributed by atoms with Crippen LogP contribution in [0.3, 0.4) is 0 Å². The quantitative estimate of drug-likeness (QED) is 0.888. The summed E-state index contributed by atoms with van der Waals surface area (Å²) in [6, 6.07) is 6.22. The lowest BCUT2D eigenvalue weighted by atomic mass is 9.84. The van der Waals surface area contributed by atoms with Gasteiger partial charge in [-0.3, -0.25) is 4.79 Å². The minimum absolute atomic E-state index is 0.0506. The van der Waals surface area contributed by atoms with Crippen LogP contribution in [0.1, 0.15) is 48.5 Å². The molecule has 3 rings (SSSR count). The van der Waals surface area contributed by atoms with Crippen molar-refractivity contribution < 1.29 is 4.79 Å². The Kier molecular flexibility index (Phi) is 3.92. The molecule has 2 fully saturated rings. The van der Waals surface area contributed by atoms with E-state index in [1.54, 1.807) is 0 Å². The maximum absolute atomic E-state index is 12.6. The number of amides is 1. The molecule has 2 bridgehead atoms. The van der Waals surface area contributed by atoms with Crippen LogP contribution in [0.15, 0.2) is 18.2 Å². The van der Waals surface area contributed by atoms with Gasteiger partial charge in [0.2, 0.25) is 0 Å². The van der Waals surface area contributed by atoms with Gasteiger partial charge < -0.3 is 10.6 Å². The van der Waals surface area contributed by atoms with Crippen molar-refractivity contribution in [2.24, 2.45) is 17.8 Å². The van der Waals surface area contributed by atoms with E-state index in [2.05, 4.69) is 17.6 Å². The first-order chi connectivity index (χ1) is 10.1. The Morgan fingerprint density at radius 2 is 2.10 bits per heavy atom. The summed E-state index contributed by atoms with van der Waals surface area (Å²) in [5.41, 5.74) is 2.82. The summed E-state index contributed by atoms with van der Waals surface area (Å²) in [6.45, 7) is 4.22. The molecule has 0 radical (unpaired) electrons. The van der Waals surface area contributed by atoms with E-state index in [-0.39, 0.29) is 11.9 Å². The first kappa shape index (κ1) is 14.4. The highest BCUT2D eigenvalue weighted by molar-refractivity contribution is 5.99. The minimum atomic E-state index is 0.0506. The van der Waals surface area contributed by atoms with Gasteiger partial charge in [0, 0.05) is 18.8 Å². The lowest BCUT2D eigenvalue weighted by Crippen LogP contribution is -2.40. The van der Waals surface area contributed by atoms with Gasteiger partial charge in [0.1, 0.15) is 0 Å². The molecule has 1 aromatic carbocycles. The van der Waals surface area contributed by atoms with Gasteiger partial charge >= 0.3 is 0 Å². The SMILES string of the molecule is CNc1cc(C)ccc1C(=O)NC(C)C1CC2CCC1C2. The van der Waals surface area contributed by atoms with E-state index in [1.165, 1.54) is 25.7 Å². The summed E-state index contributed by atoms with van der Waals surface area (Å²) in [5, 5.41) is 6.36. The van der Waals surface area contributed by atoms with E-state index in [0.29, 0.717) is 5.92 Å². The number of benzene rings is 1. The van der Waals surface area contributed by atoms with Crippen molar-refractivity contribution in [1.29, 1.82) is 0 Å². The summed E-state index contributed by atoms with van der Waals surface area (Å²) in [4.78, 5) is 12.6. The van der Waals surface area contributed by atoms with Gasteiger partial charge in [-0.2, -0.15) is 0 Å². The topological polar surface area (TPSA) is 41.1 Å². The molecule has 4 atom stereocenters. The summed E-state index contributed by atoms with van der Waals surface area (Å²) < 4.78 is 0. The molecule has 4 unspecified atom stereocenters. The molecule has 1 aromatic rings. The Balaban J connectivity index is 1.68. The Morgan fingerprint density at radius 3 is 2.71 bits per heavy atom. The Morgan fingerprint density at radius 1 is 1.29 bits per heavy atom. The molecule has 0 saturated heterocycles. The minimum Gasteiger partial charge on any atom is -0.387 e. The van der Waals surface area contributed by atoms with Crippen LogP contribution in [0.25, 0.3) is 0 Å². The molecule has 3 nitrogen and oxygen atoms in total. The molecular weight excluding hydrogens is 260 g/mol. The van der Waals surface area contributed by atoms with Crippen molar-refractivity contribution in [3.63, 3.8) is 0 Å². The van der Waals surface area contributed by atoms with Gasteiger partial charge in [-0.05, 0) is 68.6 Å². The molecule has 0 aromatic heterocycles. The highest BCUT2D eigenvalue weighted by Crippen LogP contribution is 2.49. The molecule has 2 saturated carbocycles. The van der Waals surface area contributed by atoms with Crippen LogP contribution in [0.4, 0.5) is 5.69 Å². The second-order valence-electron chi connectivity index (χ2n) is 6.90. The summed E-state index contributed by atoms with van der Waals surface area (Å²) >= 11 is 0. The average molecular weight is 286 g/mol. The van der Waals surface area contributed by atoms with Crippen LogP contribution in [-0.4, -0.2) is 19.0 Å². The lowest BCUT2D eigenvalue weighted by Gasteiger charge is -2.28. The number of rotatable bonds is 4. The molecule has 0 heterocycles. The third-order valence-electron chi connectivity index (χ3n) is 5.48. The zero-order chi connectivity index (χ0) is 15.0. The number of anilines is 1. The van der Waals surface area contributed by atoms with E-state index < -0.39 is 0 Å². The lowest BCUT2D eigenvalue weighted by molar-refractivity contribution is 0.0916. The van der Waals surface area contributed by atoms with Crippen LogP contribution < -0.4 is 10.6 Å². The second kappa shape index (κ2) is 5.70. The number of fused-ring (bicyclic) bond motifs is 2. The van der Waals surface area contributed by atoms with Crippen LogP contribution in [-0.2, 0) is 0 Å². The molecule has 0 spiro atoms. The predicted octanol–water partition coefficient (Wildman–Crippen LogP) is 3.59. The smallest absolute Gasteiger partial charge is 0.253 e. The second-order valence-corrected chi connectivity index (χ2v) is 6.90. The third kappa shape index (κ3) is 2.78. The highest BCUT2D eigenvalue weighted by atomic mass is 16.1. The van der Waals surface area contributed by atoms with Gasteiger partial charge in [0.25, 0.3) is 5.91 Å². The van der Waals surface area contributed by atoms with Gasteiger partial charge in [0.15, 0.2) is 0 Å². The molecule has 0 aliphatic heterocycles. The van der Waals surface area contributed by atoms with Gasteiger partial charge in [-0.15, -0.1) is 0 Å². The highest BCUT2D eigenvalue weighted by Gasteiger charge is 2.42. The molecule has 2 aliphatic rings. The van der Waals surface area contributed by atoms with E-state index in [9.17, 15) is 4.79 Å². The number of hydrogen-bond donors (Lipinski definition) is 2. The number of carbonyl (C=O) groups is 1. The number of nitrogens with one attached hydrogen (secondary N) is 2. The summed E-state index contributed by atoms with van der Waals surface area (Å²) in [5.74, 6) is 2.49. The van der Waals surface area contributed by atoms with Gasteiger partial charge in [-0.1, -0.05) is 12.5 Å². The van der Waals surface area contributed by atoms with Crippen LogP contribution >= 0.6 is 0 Å². The fourth-order valence-corrected chi connectivity index (χ4v) is 4.36. The predicted molar refractivity (Wildman–Crippen MR) is 86.6 cm³/mol. The summed E-state index contributed by atoms with van der Waals surface area (Å²) in [6.07, 6.45) is 5.46. The van der Waals surface area contributed by atoms with Crippen molar-refractivity contribution in [1.82, 2.24) is 5.32 Å². The van der Waals surface area contributed by atoms with Crippen molar-refractivity contribution >= 4 is 11.6 Å². The molecule has 3 heteroatoms. The molecule has 21 heavy (non-hydrogen) atoms. The third-order valence-corrected chi connectivity index (χ3v) is 5.48. The standard InChI is InChI=1S/C18H26N2O/c1-11-4-7-15(17(8-11)19-3)18(21)20-12(2)16-10-13-5-6-14(16)9-13/h4,7-8,12-14,16,19H,5-6,9-10H2,1-3H3,(H,20,21). The zero-order valence-corrected chi connectivity index (χ0v) is 13.3. The van der Waals surface area contributed by atoms with Crippen molar-refractivity contribution in [3.05, 3.63) is 29.3 Å². The zero-order valence-electron chi connectivity index (χ0n) is 13.3. The van der Waals surface area contributed by atoms with Crippen molar-refractivity contribution in [2.45, 2.75) is 45.6 Å². The van der Waals surface area contributed by atoms with Gasteiger partial charge in [-0.25, -0.2) is 0 Å². The fourth-order valence-electron chi connectivity index (χ4n) is 4.36. The Hall–Kier alpha value is -1.51. The Labute approximate surface area is 127 Å². The van der Waals surface area contributed by atoms with Crippen molar-refractivity contribution in [3.8, 4) is 0 Å². The van der Waals surface area contributed by atoms with Crippen LogP contribution in [0.2, 0.25) is 0 Å². The number of aryl methyl sites for hydroxylation is 1. The van der Waals surface area contributed by atoms with Crippen LogP contribution in [0, 0.1) is 24.7 Å². The number of hydrogen-bond acceptors (Lipinski definition) is 2. The number of carbonyl (C=O) groups excluding carboxylic acids is 1. The molecule has 114 valence electrons. The van der Waals surface area contributed by atoms with Gasteiger partial charge in [0.05, 0.1) is 5.56 Å². The maximum atomic E-state index is 12.6. The largest absolute Gasteiger partial charge is 0.387 e. The molecule has 1 amide bonds. The fraction of sp³-hybridized carbons (Fsp3) is 0.611. The van der Waals surface area contributed by atoms with Crippen molar-refractivity contribution in [2.75, 3.05) is 12.4 Å². The van der Waals surface area contributed by atoms with E-state index in [1.807, 2.05) is 32.2 Å². The Bertz CT molecular complexity index is 540. The molecule has 2 N–H and O–H groups in total. The maximum Gasteiger partial charge on any atom is 0.253 e. The molecular formula is C18H26N2O. The molecule has 2 aliphatic carbocycles. The van der Waals surface area contributed by atoms with E-state index >= 15 is 0 Å².